The smallest absolute Gasteiger partial charge is 0.251 e. The van der Waals surface area contributed by atoms with Crippen LogP contribution in [0.15, 0.2) is 42.5 Å². The molecule has 0 saturated carbocycles. The number of nitrogens with zero attached hydrogens (tertiary/aromatic N) is 2. The van der Waals surface area contributed by atoms with Crippen molar-refractivity contribution in [1.29, 1.82) is 0 Å². The van der Waals surface area contributed by atoms with E-state index in [2.05, 4.69) is 24.1 Å². The number of sulfonamides is 1. The molecule has 180 valence electrons. The second-order valence-corrected chi connectivity index (χ2v) is 9.84. The summed E-state index contributed by atoms with van der Waals surface area (Å²) in [5.74, 6) is 1.23. The molecule has 0 radical (unpaired) electrons. The Morgan fingerprint density at radius 3 is 2.42 bits per heavy atom. The maximum atomic E-state index is 12.6. The van der Waals surface area contributed by atoms with Crippen molar-refractivity contribution >= 4 is 21.6 Å². The van der Waals surface area contributed by atoms with Crippen molar-refractivity contribution in [1.82, 2.24) is 10.2 Å². The molecule has 9 heteroatoms. The Kier molecular flexibility index (Phi) is 8.57. The number of anilines is 1. The van der Waals surface area contributed by atoms with Crippen LogP contribution in [0.1, 0.15) is 36.2 Å². The van der Waals surface area contributed by atoms with Crippen LogP contribution in [0.4, 0.5) is 5.69 Å². The number of amides is 1. The molecule has 33 heavy (non-hydrogen) atoms. The van der Waals surface area contributed by atoms with Crippen LogP contribution in [0.2, 0.25) is 0 Å². The summed E-state index contributed by atoms with van der Waals surface area (Å²) in [6, 6.07) is 12.2. The number of carbonyl (C=O) groups is 1. The van der Waals surface area contributed by atoms with Gasteiger partial charge in [-0.3, -0.25) is 9.10 Å². The zero-order chi connectivity index (χ0) is 23.8. The van der Waals surface area contributed by atoms with Gasteiger partial charge in [0.1, 0.15) is 6.61 Å². The molecule has 8 nitrogen and oxygen atoms in total. The van der Waals surface area contributed by atoms with E-state index in [1.165, 1.54) is 4.31 Å². The highest BCUT2D eigenvalue weighted by atomic mass is 32.2. The minimum absolute atomic E-state index is 0.165. The number of methoxy groups -OCH3 is 1. The quantitative estimate of drug-likeness (QED) is 0.538. The lowest BCUT2D eigenvalue weighted by Gasteiger charge is -2.19. The van der Waals surface area contributed by atoms with Crippen molar-refractivity contribution in [3.05, 3.63) is 53.6 Å². The first kappa shape index (κ1) is 24.9. The monoisotopic (exact) mass is 475 g/mol. The summed E-state index contributed by atoms with van der Waals surface area (Å²) in [5.41, 5.74) is 1.94. The normalized spacial score (nSPS) is 15.0. The van der Waals surface area contributed by atoms with Crippen LogP contribution in [0.25, 0.3) is 0 Å². The minimum Gasteiger partial charge on any atom is -0.493 e. The van der Waals surface area contributed by atoms with Crippen molar-refractivity contribution in [3.63, 3.8) is 0 Å². The second-order valence-electron chi connectivity index (χ2n) is 7.83. The van der Waals surface area contributed by atoms with Gasteiger partial charge in [-0.25, -0.2) is 8.42 Å². The van der Waals surface area contributed by atoms with E-state index in [0.717, 1.165) is 25.2 Å². The first-order chi connectivity index (χ1) is 15.9. The molecule has 1 fully saturated rings. The SMILES string of the molecule is CCN(CC)CCOc1ccc(CNC(=O)c2ccc(N3CCCS3(=O)=O)cc2)cc1OC. The first-order valence-electron chi connectivity index (χ1n) is 11.3. The molecule has 1 aliphatic heterocycles. The van der Waals surface area contributed by atoms with Crippen molar-refractivity contribution in [2.75, 3.05) is 50.0 Å². The lowest BCUT2D eigenvalue weighted by atomic mass is 10.1. The van der Waals surface area contributed by atoms with E-state index in [9.17, 15) is 13.2 Å². The summed E-state index contributed by atoms with van der Waals surface area (Å²) in [7, 11) is -1.64. The average Bonchev–Trinajstić information content (AvgIpc) is 3.19. The Labute approximate surface area is 196 Å². The molecule has 2 aromatic carbocycles. The van der Waals surface area contributed by atoms with E-state index in [1.54, 1.807) is 31.4 Å². The molecule has 1 amide bonds. The molecule has 0 spiro atoms. The van der Waals surface area contributed by atoms with Gasteiger partial charge < -0.3 is 19.7 Å². The Hall–Kier alpha value is -2.78. The summed E-state index contributed by atoms with van der Waals surface area (Å²) >= 11 is 0. The van der Waals surface area contributed by atoms with Gasteiger partial charge in [0, 0.05) is 25.2 Å². The number of ether oxygens (including phenoxy) is 2. The predicted molar refractivity (Wildman–Crippen MR) is 130 cm³/mol. The van der Waals surface area contributed by atoms with E-state index in [0.29, 0.717) is 48.9 Å². The molecule has 2 aromatic rings. The van der Waals surface area contributed by atoms with Crippen LogP contribution in [0.5, 0.6) is 11.5 Å². The number of benzene rings is 2. The number of hydrogen-bond donors (Lipinski definition) is 1. The summed E-state index contributed by atoms with van der Waals surface area (Å²) in [5, 5.41) is 2.89. The van der Waals surface area contributed by atoms with Crippen molar-refractivity contribution in [2.24, 2.45) is 0 Å². The largest absolute Gasteiger partial charge is 0.493 e. The second kappa shape index (κ2) is 11.4. The van der Waals surface area contributed by atoms with E-state index < -0.39 is 10.0 Å². The molecule has 0 atom stereocenters. The van der Waals surface area contributed by atoms with Gasteiger partial charge in [-0.2, -0.15) is 0 Å². The van der Waals surface area contributed by atoms with E-state index in [-0.39, 0.29) is 11.7 Å². The Morgan fingerprint density at radius 1 is 1.09 bits per heavy atom. The number of carbonyl (C=O) groups excluding carboxylic acids is 1. The highest BCUT2D eigenvalue weighted by Crippen LogP contribution is 2.28. The van der Waals surface area contributed by atoms with Crippen LogP contribution < -0.4 is 19.1 Å². The summed E-state index contributed by atoms with van der Waals surface area (Å²) < 4.78 is 36.9. The van der Waals surface area contributed by atoms with Crippen molar-refractivity contribution in [3.8, 4) is 11.5 Å². The fourth-order valence-electron chi connectivity index (χ4n) is 3.76. The van der Waals surface area contributed by atoms with Crippen LogP contribution >= 0.6 is 0 Å². The van der Waals surface area contributed by atoms with E-state index >= 15 is 0 Å². The third-order valence-electron chi connectivity index (χ3n) is 5.76. The Bertz CT molecular complexity index is 1040. The standard InChI is InChI=1S/C24H33N3O5S/c1-4-26(5-2)14-15-32-22-12-7-19(17-23(22)31-3)18-25-24(28)20-8-10-21(11-9-20)27-13-6-16-33(27,29)30/h7-12,17H,4-6,13-16,18H2,1-3H3,(H,25,28). The van der Waals surface area contributed by atoms with Gasteiger partial charge in [0.15, 0.2) is 11.5 Å². The highest BCUT2D eigenvalue weighted by molar-refractivity contribution is 7.93. The maximum Gasteiger partial charge on any atom is 0.251 e. The zero-order valence-corrected chi connectivity index (χ0v) is 20.4. The lowest BCUT2D eigenvalue weighted by Crippen LogP contribution is -2.28. The first-order valence-corrected chi connectivity index (χ1v) is 12.9. The van der Waals surface area contributed by atoms with Gasteiger partial charge >= 0.3 is 0 Å². The van der Waals surface area contributed by atoms with Crippen LogP contribution in [-0.4, -0.2) is 64.9 Å². The molecule has 1 aliphatic rings. The Morgan fingerprint density at radius 2 is 1.82 bits per heavy atom. The average molecular weight is 476 g/mol. The summed E-state index contributed by atoms with van der Waals surface area (Å²) in [4.78, 5) is 14.8. The van der Waals surface area contributed by atoms with Gasteiger partial charge in [0.25, 0.3) is 5.91 Å². The van der Waals surface area contributed by atoms with E-state index in [1.807, 2.05) is 18.2 Å². The van der Waals surface area contributed by atoms with Gasteiger partial charge in [-0.1, -0.05) is 19.9 Å². The third kappa shape index (κ3) is 6.39. The van der Waals surface area contributed by atoms with Gasteiger partial charge in [-0.15, -0.1) is 0 Å². The fourth-order valence-corrected chi connectivity index (χ4v) is 5.32. The van der Waals surface area contributed by atoms with Gasteiger partial charge in [0.2, 0.25) is 10.0 Å². The molecule has 0 aromatic heterocycles. The molecule has 1 saturated heterocycles. The predicted octanol–water partition coefficient (Wildman–Crippen LogP) is 2.89. The summed E-state index contributed by atoms with van der Waals surface area (Å²) in [6.07, 6.45) is 0.619. The van der Waals surface area contributed by atoms with Crippen molar-refractivity contribution in [2.45, 2.75) is 26.8 Å². The highest BCUT2D eigenvalue weighted by Gasteiger charge is 2.28. The van der Waals surface area contributed by atoms with Crippen molar-refractivity contribution < 1.29 is 22.7 Å². The molecule has 3 rings (SSSR count). The molecule has 0 bridgehead atoms. The molecule has 0 aliphatic carbocycles. The van der Waals surface area contributed by atoms with Crippen LogP contribution in [0.3, 0.4) is 0 Å². The lowest BCUT2D eigenvalue weighted by molar-refractivity contribution is 0.0951. The van der Waals surface area contributed by atoms with Crippen LogP contribution in [0, 0.1) is 0 Å². The van der Waals surface area contributed by atoms with E-state index in [4.69, 9.17) is 9.47 Å². The molecular weight excluding hydrogens is 442 g/mol. The number of likely N-dealkylation sites (N-methyl/N-ethyl adjacent to an activating group) is 1. The third-order valence-corrected chi connectivity index (χ3v) is 7.63. The molecule has 1 heterocycles. The van der Waals surface area contributed by atoms with Crippen LogP contribution in [-0.2, 0) is 16.6 Å². The van der Waals surface area contributed by atoms with Gasteiger partial charge in [0.05, 0.1) is 18.6 Å². The number of rotatable bonds is 11. The minimum atomic E-state index is -3.23. The molecule has 1 N–H and O–H groups in total. The number of hydrogen-bond acceptors (Lipinski definition) is 6. The Balaban J connectivity index is 1.56. The molecule has 0 unspecified atom stereocenters. The fraction of sp³-hybridized carbons (Fsp3) is 0.458. The van der Waals surface area contributed by atoms with Gasteiger partial charge in [-0.05, 0) is 61.5 Å². The maximum absolute atomic E-state index is 12.6. The molecular formula is C24H33N3O5S. The summed E-state index contributed by atoms with van der Waals surface area (Å²) in [6.45, 7) is 8.44. The number of nitrogens with one attached hydrogen (secondary N) is 1. The zero-order valence-electron chi connectivity index (χ0n) is 19.5. The topological polar surface area (TPSA) is 88.2 Å².